The third-order valence-corrected chi connectivity index (χ3v) is 3.43. The van der Waals surface area contributed by atoms with E-state index in [0.717, 1.165) is 0 Å². The Labute approximate surface area is 138 Å². The van der Waals surface area contributed by atoms with Gasteiger partial charge in [-0.05, 0) is 24.4 Å². The minimum Gasteiger partial charge on any atom is -0.376 e. The summed E-state index contributed by atoms with van der Waals surface area (Å²) in [5, 5.41) is 3.86. The van der Waals surface area contributed by atoms with Crippen LogP contribution in [0.2, 0.25) is 0 Å². The summed E-state index contributed by atoms with van der Waals surface area (Å²) in [4.78, 5) is -0.147. The summed E-state index contributed by atoms with van der Waals surface area (Å²) < 4.78 is 31.7. The summed E-state index contributed by atoms with van der Waals surface area (Å²) in [6, 6.07) is 9.55. The van der Waals surface area contributed by atoms with Crippen LogP contribution < -0.4 is 11.1 Å². The molecule has 0 aliphatic heterocycles. The molecule has 0 saturated heterocycles. The van der Waals surface area contributed by atoms with E-state index in [0.29, 0.717) is 16.5 Å². The van der Waals surface area contributed by atoms with Gasteiger partial charge in [0.1, 0.15) is 4.90 Å². The number of hydrogen-bond donors (Lipinski definition) is 3. The van der Waals surface area contributed by atoms with Gasteiger partial charge in [0.15, 0.2) is 5.11 Å². The Balaban J connectivity index is 0.00000180. The van der Waals surface area contributed by atoms with E-state index >= 15 is 0 Å². The topological polar surface area (TPSA) is 92.4 Å². The second-order valence-corrected chi connectivity index (χ2v) is 5.45. The largest absolute Gasteiger partial charge is 0.376 e. The third-order valence-electron chi connectivity index (χ3n) is 2.42. The van der Waals surface area contributed by atoms with Gasteiger partial charge in [-0.15, -0.1) is 0 Å². The molecule has 0 aliphatic carbocycles. The Kier molecular flexibility index (Phi) is 5.31. The molecular formula is C11H10N2NaO3S2. The zero-order valence-electron chi connectivity index (χ0n) is 10.1. The van der Waals surface area contributed by atoms with E-state index in [1.54, 1.807) is 24.3 Å². The van der Waals surface area contributed by atoms with E-state index < -0.39 is 10.1 Å². The standard InChI is InChI=1S/C11H10N2O3S2.Na/c12-11(17)13-9-5-6-10(18(14,15)16)8-4-2-1-3-7(8)9;/h1-6H,(H3,12,13,17)(H,14,15,16);. The van der Waals surface area contributed by atoms with E-state index in [2.05, 4.69) is 5.32 Å². The number of rotatable bonds is 2. The molecule has 0 fully saturated rings. The molecule has 0 atom stereocenters. The first-order chi connectivity index (χ1) is 8.39. The fraction of sp³-hybridized carbons (Fsp3) is 0. The van der Waals surface area contributed by atoms with Crippen LogP contribution in [0.3, 0.4) is 0 Å². The molecule has 2 aromatic carbocycles. The average molecular weight is 305 g/mol. The number of nitrogens with one attached hydrogen (secondary N) is 1. The van der Waals surface area contributed by atoms with Crippen molar-refractivity contribution in [3.63, 3.8) is 0 Å². The minimum absolute atomic E-state index is 0. The molecule has 19 heavy (non-hydrogen) atoms. The molecule has 0 aliphatic rings. The van der Waals surface area contributed by atoms with Crippen molar-refractivity contribution in [2.24, 2.45) is 5.73 Å². The average Bonchev–Trinajstić information content (AvgIpc) is 2.27. The summed E-state index contributed by atoms with van der Waals surface area (Å²) in [6.07, 6.45) is 0. The zero-order chi connectivity index (χ0) is 13.3. The Morgan fingerprint density at radius 3 is 2.26 bits per heavy atom. The molecule has 2 rings (SSSR count). The van der Waals surface area contributed by atoms with Gasteiger partial charge in [0.25, 0.3) is 10.1 Å². The molecule has 2 aromatic rings. The van der Waals surface area contributed by atoms with Gasteiger partial charge >= 0.3 is 0 Å². The predicted octanol–water partition coefficient (Wildman–Crippen LogP) is 1.36. The molecule has 0 heterocycles. The van der Waals surface area contributed by atoms with Crippen LogP contribution in [0.4, 0.5) is 5.69 Å². The van der Waals surface area contributed by atoms with E-state index in [1.807, 2.05) is 0 Å². The smallest absolute Gasteiger partial charge is 0.295 e. The minimum atomic E-state index is -4.27. The monoisotopic (exact) mass is 305 g/mol. The van der Waals surface area contributed by atoms with Gasteiger partial charge in [0.05, 0.1) is 0 Å². The number of thiocarbonyl (C=S) groups is 1. The first-order valence-electron chi connectivity index (χ1n) is 4.95. The summed E-state index contributed by atoms with van der Waals surface area (Å²) in [6.45, 7) is 0. The maximum Gasteiger partial charge on any atom is 0.295 e. The molecule has 0 bridgehead atoms. The van der Waals surface area contributed by atoms with Crippen molar-refractivity contribution in [3.8, 4) is 0 Å². The number of nitrogens with two attached hydrogens (primary N) is 1. The molecule has 95 valence electrons. The van der Waals surface area contributed by atoms with Crippen LogP contribution in [0, 0.1) is 0 Å². The molecule has 0 unspecified atom stereocenters. The number of hydrogen-bond acceptors (Lipinski definition) is 3. The SMILES string of the molecule is NC(=S)Nc1ccc(S(=O)(=O)O)c2ccccc12.[Na]. The molecule has 1 radical (unpaired) electrons. The fourth-order valence-electron chi connectivity index (χ4n) is 1.74. The van der Waals surface area contributed by atoms with Crippen LogP contribution in [-0.2, 0) is 10.1 Å². The van der Waals surface area contributed by atoms with Crippen LogP contribution >= 0.6 is 12.2 Å². The Morgan fingerprint density at radius 1 is 1.16 bits per heavy atom. The predicted molar refractivity (Wildman–Crippen MR) is 79.9 cm³/mol. The van der Waals surface area contributed by atoms with E-state index in [9.17, 15) is 8.42 Å². The van der Waals surface area contributed by atoms with E-state index in [1.165, 1.54) is 12.1 Å². The van der Waals surface area contributed by atoms with Crippen molar-refractivity contribution in [2.75, 3.05) is 5.32 Å². The first-order valence-corrected chi connectivity index (χ1v) is 6.80. The van der Waals surface area contributed by atoms with Gasteiger partial charge in [0.2, 0.25) is 0 Å². The first kappa shape index (κ1) is 16.4. The van der Waals surface area contributed by atoms with Gasteiger partial charge in [-0.25, -0.2) is 0 Å². The fourth-order valence-corrected chi connectivity index (χ4v) is 2.54. The quantitative estimate of drug-likeness (QED) is 0.441. The third kappa shape index (κ3) is 3.65. The Hall–Kier alpha value is -0.700. The second kappa shape index (κ2) is 6.17. The van der Waals surface area contributed by atoms with Gasteiger partial charge in [-0.1, -0.05) is 24.3 Å². The van der Waals surface area contributed by atoms with Crippen LogP contribution in [0.1, 0.15) is 0 Å². The molecule has 5 nitrogen and oxygen atoms in total. The van der Waals surface area contributed by atoms with Gasteiger partial charge in [0, 0.05) is 46.0 Å². The van der Waals surface area contributed by atoms with Crippen LogP contribution in [0.15, 0.2) is 41.3 Å². The zero-order valence-corrected chi connectivity index (χ0v) is 13.8. The van der Waals surface area contributed by atoms with Crippen molar-refractivity contribution in [3.05, 3.63) is 36.4 Å². The van der Waals surface area contributed by atoms with Crippen molar-refractivity contribution < 1.29 is 13.0 Å². The maximum atomic E-state index is 11.3. The van der Waals surface area contributed by atoms with E-state index in [4.69, 9.17) is 22.5 Å². The molecule has 0 spiro atoms. The Bertz CT molecular complexity index is 732. The van der Waals surface area contributed by atoms with Crippen molar-refractivity contribution in [2.45, 2.75) is 4.90 Å². The van der Waals surface area contributed by atoms with Gasteiger partial charge in [-0.2, -0.15) is 8.42 Å². The van der Waals surface area contributed by atoms with Crippen molar-refractivity contribution >= 4 is 73.5 Å². The number of fused-ring (bicyclic) bond motifs is 1. The maximum absolute atomic E-state index is 11.3. The van der Waals surface area contributed by atoms with Crippen molar-refractivity contribution in [1.82, 2.24) is 0 Å². The van der Waals surface area contributed by atoms with Gasteiger partial charge in [-0.3, -0.25) is 4.55 Å². The second-order valence-electron chi connectivity index (χ2n) is 3.62. The van der Waals surface area contributed by atoms with Crippen LogP contribution in [0.5, 0.6) is 0 Å². The van der Waals surface area contributed by atoms with Crippen LogP contribution in [0.25, 0.3) is 10.8 Å². The summed E-state index contributed by atoms with van der Waals surface area (Å²) in [5.41, 5.74) is 5.98. The number of anilines is 1. The summed E-state index contributed by atoms with van der Waals surface area (Å²) >= 11 is 4.75. The summed E-state index contributed by atoms with van der Waals surface area (Å²) in [5.74, 6) is 0. The van der Waals surface area contributed by atoms with Crippen molar-refractivity contribution in [1.29, 1.82) is 0 Å². The van der Waals surface area contributed by atoms with E-state index in [-0.39, 0.29) is 39.6 Å². The molecule has 4 N–H and O–H groups in total. The molecule has 0 saturated carbocycles. The molecule has 0 aromatic heterocycles. The summed E-state index contributed by atoms with van der Waals surface area (Å²) in [7, 11) is -4.27. The molecule has 0 amide bonds. The van der Waals surface area contributed by atoms with Gasteiger partial charge < -0.3 is 11.1 Å². The normalized spacial score (nSPS) is 10.8. The van der Waals surface area contributed by atoms with Crippen LogP contribution in [-0.4, -0.2) is 47.6 Å². The Morgan fingerprint density at radius 2 is 1.74 bits per heavy atom. The molecular weight excluding hydrogens is 295 g/mol. The molecule has 8 heteroatoms. The number of benzene rings is 2.